The van der Waals surface area contributed by atoms with E-state index in [1.54, 1.807) is 6.07 Å². The molecule has 2 rings (SSSR count). The maximum absolute atomic E-state index is 9.36. The Morgan fingerprint density at radius 1 is 1.50 bits per heavy atom. The summed E-state index contributed by atoms with van der Waals surface area (Å²) >= 11 is 0. The summed E-state index contributed by atoms with van der Waals surface area (Å²) in [4.78, 5) is 2.41. The topological polar surface area (TPSA) is 35.5 Å². The summed E-state index contributed by atoms with van der Waals surface area (Å²) in [5.41, 5.74) is 1.18. The quantitative estimate of drug-likeness (QED) is 0.827. The number of benzene rings is 1. The zero-order valence-corrected chi connectivity index (χ0v) is 10.3. The van der Waals surface area contributed by atoms with Crippen LogP contribution in [0, 0.1) is 0 Å². The number of hydrogen-bond donors (Lipinski definition) is 2. The van der Waals surface area contributed by atoms with Gasteiger partial charge in [-0.3, -0.25) is 4.90 Å². The monoisotopic (exact) mass is 242 g/mol. The second-order valence-corrected chi connectivity index (χ2v) is 4.26. The second kappa shape index (κ2) is 6.09. The van der Waals surface area contributed by atoms with Crippen LogP contribution in [0.3, 0.4) is 0 Å². The summed E-state index contributed by atoms with van der Waals surface area (Å²) in [6.45, 7) is 6.35. The average molecular weight is 243 g/mol. The van der Waals surface area contributed by atoms with Crippen molar-refractivity contribution in [2.45, 2.75) is 19.5 Å². The predicted molar refractivity (Wildman–Crippen MR) is 68.1 cm³/mol. The van der Waals surface area contributed by atoms with Crippen LogP contribution in [0.4, 0.5) is 0 Å². The molecule has 1 atom stereocenters. The molecule has 0 radical (unpaired) electrons. The first-order valence-electron chi connectivity index (χ1n) is 5.48. The molecule has 1 aromatic carbocycles. The number of phenolic OH excluding ortho intramolecular Hbond substituents is 1. The van der Waals surface area contributed by atoms with Crippen molar-refractivity contribution in [2.75, 3.05) is 19.6 Å². The molecule has 0 bridgehead atoms. The van der Waals surface area contributed by atoms with Crippen molar-refractivity contribution in [1.29, 1.82) is 0 Å². The molecule has 16 heavy (non-hydrogen) atoms. The molecule has 1 aliphatic heterocycles. The van der Waals surface area contributed by atoms with Crippen LogP contribution in [0.5, 0.6) is 5.75 Å². The molecular formula is C12H19ClN2O. The number of aromatic hydroxyl groups is 1. The highest BCUT2D eigenvalue weighted by atomic mass is 35.5. The van der Waals surface area contributed by atoms with Crippen LogP contribution in [0.1, 0.15) is 12.5 Å². The maximum atomic E-state index is 9.36. The molecule has 3 nitrogen and oxygen atoms in total. The highest BCUT2D eigenvalue weighted by molar-refractivity contribution is 5.85. The van der Waals surface area contributed by atoms with Gasteiger partial charge in [0.2, 0.25) is 0 Å². The lowest BCUT2D eigenvalue weighted by Gasteiger charge is -2.31. The number of nitrogens with one attached hydrogen (secondary N) is 1. The third-order valence-corrected chi connectivity index (χ3v) is 2.77. The lowest BCUT2D eigenvalue weighted by atomic mass is 10.1. The molecule has 1 fully saturated rings. The van der Waals surface area contributed by atoms with Gasteiger partial charge in [0.1, 0.15) is 5.75 Å². The van der Waals surface area contributed by atoms with Crippen LogP contribution in [0.15, 0.2) is 24.3 Å². The average Bonchev–Trinajstić information content (AvgIpc) is 2.17. The fraction of sp³-hybridized carbons (Fsp3) is 0.500. The van der Waals surface area contributed by atoms with Gasteiger partial charge in [0.05, 0.1) is 0 Å². The van der Waals surface area contributed by atoms with Crippen molar-refractivity contribution in [3.8, 4) is 5.75 Å². The Hall–Kier alpha value is -0.770. The summed E-state index contributed by atoms with van der Waals surface area (Å²) in [5, 5.41) is 12.8. The lowest BCUT2D eigenvalue weighted by molar-refractivity contribution is 0.199. The van der Waals surface area contributed by atoms with E-state index in [-0.39, 0.29) is 12.4 Å². The van der Waals surface area contributed by atoms with Crippen LogP contribution < -0.4 is 5.32 Å². The Balaban J connectivity index is 0.00000128. The Bertz CT molecular complexity index is 333. The normalized spacial score (nSPS) is 21.4. The summed E-state index contributed by atoms with van der Waals surface area (Å²) < 4.78 is 0. The minimum atomic E-state index is 0. The van der Waals surface area contributed by atoms with Gasteiger partial charge >= 0.3 is 0 Å². The van der Waals surface area contributed by atoms with Crippen LogP contribution in [0.2, 0.25) is 0 Å². The molecule has 1 saturated heterocycles. The molecule has 1 aromatic rings. The third-order valence-electron chi connectivity index (χ3n) is 2.77. The van der Waals surface area contributed by atoms with Crippen LogP contribution >= 0.6 is 12.4 Å². The van der Waals surface area contributed by atoms with Gasteiger partial charge in [-0.25, -0.2) is 0 Å². The Labute approximate surface area is 103 Å². The highest BCUT2D eigenvalue weighted by Gasteiger charge is 2.15. The van der Waals surface area contributed by atoms with E-state index >= 15 is 0 Å². The van der Waals surface area contributed by atoms with Crippen LogP contribution in [-0.4, -0.2) is 35.7 Å². The SMILES string of the molecule is C[C@H]1CN(Cc2cccc(O)c2)CCN1.Cl. The molecule has 0 aromatic heterocycles. The van der Waals surface area contributed by atoms with Crippen molar-refractivity contribution < 1.29 is 5.11 Å². The first kappa shape index (κ1) is 13.3. The number of phenols is 1. The van der Waals surface area contributed by atoms with Crippen molar-refractivity contribution in [2.24, 2.45) is 0 Å². The fourth-order valence-electron chi connectivity index (χ4n) is 2.07. The highest BCUT2D eigenvalue weighted by Crippen LogP contribution is 2.13. The molecule has 90 valence electrons. The van der Waals surface area contributed by atoms with E-state index in [0.29, 0.717) is 11.8 Å². The fourth-order valence-corrected chi connectivity index (χ4v) is 2.07. The molecular weight excluding hydrogens is 224 g/mol. The predicted octanol–water partition coefficient (Wildman–Crippen LogP) is 1.61. The van der Waals surface area contributed by atoms with Crippen molar-refractivity contribution in [1.82, 2.24) is 10.2 Å². The number of halogens is 1. The van der Waals surface area contributed by atoms with E-state index in [4.69, 9.17) is 0 Å². The minimum Gasteiger partial charge on any atom is -0.508 e. The molecule has 0 aliphatic carbocycles. The molecule has 0 amide bonds. The van der Waals surface area contributed by atoms with Gasteiger partial charge in [0.15, 0.2) is 0 Å². The van der Waals surface area contributed by atoms with Crippen molar-refractivity contribution in [3.05, 3.63) is 29.8 Å². The van der Waals surface area contributed by atoms with E-state index < -0.39 is 0 Å². The summed E-state index contributed by atoms with van der Waals surface area (Å²) in [6.07, 6.45) is 0. The van der Waals surface area contributed by atoms with Gasteiger partial charge in [0.25, 0.3) is 0 Å². The molecule has 0 saturated carbocycles. The van der Waals surface area contributed by atoms with E-state index in [1.807, 2.05) is 12.1 Å². The van der Waals surface area contributed by atoms with Gasteiger partial charge in [-0.15, -0.1) is 12.4 Å². The Kier molecular flexibility index (Phi) is 5.06. The third kappa shape index (κ3) is 3.67. The summed E-state index contributed by atoms with van der Waals surface area (Å²) in [7, 11) is 0. The zero-order chi connectivity index (χ0) is 10.7. The Morgan fingerprint density at radius 2 is 2.31 bits per heavy atom. The molecule has 4 heteroatoms. The first-order chi connectivity index (χ1) is 7.24. The number of nitrogens with zero attached hydrogens (tertiary/aromatic N) is 1. The van der Waals surface area contributed by atoms with Gasteiger partial charge in [0, 0.05) is 32.2 Å². The van der Waals surface area contributed by atoms with Gasteiger partial charge in [-0.1, -0.05) is 12.1 Å². The largest absolute Gasteiger partial charge is 0.508 e. The van der Waals surface area contributed by atoms with Gasteiger partial charge in [-0.05, 0) is 24.6 Å². The lowest BCUT2D eigenvalue weighted by Crippen LogP contribution is -2.48. The van der Waals surface area contributed by atoms with Crippen LogP contribution in [0.25, 0.3) is 0 Å². The van der Waals surface area contributed by atoms with Crippen molar-refractivity contribution in [3.63, 3.8) is 0 Å². The number of piperazine rings is 1. The van der Waals surface area contributed by atoms with Gasteiger partial charge < -0.3 is 10.4 Å². The van der Waals surface area contributed by atoms with E-state index in [0.717, 1.165) is 26.2 Å². The standard InChI is InChI=1S/C12H18N2O.ClH/c1-10-8-14(6-5-13-10)9-11-3-2-4-12(15)7-11;/h2-4,7,10,13,15H,5-6,8-9H2,1H3;1H/t10-;/m0./s1. The zero-order valence-electron chi connectivity index (χ0n) is 9.52. The number of rotatable bonds is 2. The second-order valence-electron chi connectivity index (χ2n) is 4.26. The summed E-state index contributed by atoms with van der Waals surface area (Å²) in [5.74, 6) is 0.357. The van der Waals surface area contributed by atoms with E-state index in [9.17, 15) is 5.11 Å². The van der Waals surface area contributed by atoms with Gasteiger partial charge in [-0.2, -0.15) is 0 Å². The molecule has 1 heterocycles. The molecule has 1 aliphatic rings. The number of hydrogen-bond acceptors (Lipinski definition) is 3. The van der Waals surface area contributed by atoms with E-state index in [2.05, 4.69) is 23.2 Å². The first-order valence-corrected chi connectivity index (χ1v) is 5.48. The van der Waals surface area contributed by atoms with Crippen LogP contribution in [-0.2, 0) is 6.54 Å². The Morgan fingerprint density at radius 3 is 3.00 bits per heavy atom. The molecule has 2 N–H and O–H groups in total. The summed E-state index contributed by atoms with van der Waals surface area (Å²) in [6, 6.07) is 8.08. The molecule has 0 unspecified atom stereocenters. The minimum absolute atomic E-state index is 0. The van der Waals surface area contributed by atoms with E-state index in [1.165, 1.54) is 5.56 Å². The smallest absolute Gasteiger partial charge is 0.115 e. The van der Waals surface area contributed by atoms with Crippen molar-refractivity contribution >= 4 is 12.4 Å². The maximum Gasteiger partial charge on any atom is 0.115 e. The molecule has 0 spiro atoms.